The Bertz CT molecular complexity index is 590. The van der Waals surface area contributed by atoms with Crippen molar-refractivity contribution in [3.8, 4) is 5.75 Å². The standard InChI is InChI=1S/C12H14FN5O/c1-7-5-11(17-12(15-7)18-14)16-8-3-4-10(19-2)9(13)6-8/h3-6H,14H2,1-2H3,(H2,15,16,17,18). The van der Waals surface area contributed by atoms with Gasteiger partial charge in [-0.15, -0.1) is 0 Å². The highest BCUT2D eigenvalue weighted by molar-refractivity contribution is 5.58. The van der Waals surface area contributed by atoms with E-state index in [1.165, 1.54) is 19.2 Å². The number of methoxy groups -OCH3 is 1. The minimum atomic E-state index is -0.449. The first-order chi connectivity index (χ1) is 9.12. The number of ether oxygens (including phenoxy) is 1. The van der Waals surface area contributed by atoms with Crippen LogP contribution in [-0.4, -0.2) is 17.1 Å². The van der Waals surface area contributed by atoms with Gasteiger partial charge in [-0.05, 0) is 19.1 Å². The van der Waals surface area contributed by atoms with Crippen LogP contribution in [0.15, 0.2) is 24.3 Å². The van der Waals surface area contributed by atoms with Crippen molar-refractivity contribution >= 4 is 17.5 Å². The minimum Gasteiger partial charge on any atom is -0.494 e. The molecule has 19 heavy (non-hydrogen) atoms. The van der Waals surface area contributed by atoms with Gasteiger partial charge in [-0.3, -0.25) is 5.43 Å². The zero-order chi connectivity index (χ0) is 13.8. The van der Waals surface area contributed by atoms with Crippen LogP contribution in [0, 0.1) is 12.7 Å². The molecule has 0 aliphatic carbocycles. The number of rotatable bonds is 4. The summed E-state index contributed by atoms with van der Waals surface area (Å²) >= 11 is 0. The van der Waals surface area contributed by atoms with E-state index in [-0.39, 0.29) is 11.7 Å². The van der Waals surface area contributed by atoms with E-state index < -0.39 is 5.82 Å². The Morgan fingerprint density at radius 1 is 1.26 bits per heavy atom. The maximum Gasteiger partial charge on any atom is 0.239 e. The number of hydrogen-bond acceptors (Lipinski definition) is 6. The maximum atomic E-state index is 13.5. The summed E-state index contributed by atoms with van der Waals surface area (Å²) in [5.74, 6) is 5.81. The largest absolute Gasteiger partial charge is 0.494 e. The van der Waals surface area contributed by atoms with Crippen LogP contribution in [-0.2, 0) is 0 Å². The fourth-order valence-electron chi connectivity index (χ4n) is 1.59. The quantitative estimate of drug-likeness (QED) is 0.577. The van der Waals surface area contributed by atoms with Gasteiger partial charge in [-0.25, -0.2) is 15.2 Å². The molecule has 0 saturated heterocycles. The molecule has 0 bridgehead atoms. The van der Waals surface area contributed by atoms with Gasteiger partial charge in [0.1, 0.15) is 5.82 Å². The molecule has 1 aromatic carbocycles. The van der Waals surface area contributed by atoms with Crippen molar-refractivity contribution in [2.24, 2.45) is 5.84 Å². The number of nitrogens with one attached hydrogen (secondary N) is 2. The molecule has 0 radical (unpaired) electrons. The Labute approximate surface area is 109 Å². The van der Waals surface area contributed by atoms with E-state index in [1.807, 2.05) is 6.92 Å². The van der Waals surface area contributed by atoms with Crippen LogP contribution >= 0.6 is 0 Å². The van der Waals surface area contributed by atoms with Gasteiger partial charge in [0, 0.05) is 23.5 Å². The van der Waals surface area contributed by atoms with Crippen LogP contribution in [0.3, 0.4) is 0 Å². The molecule has 0 spiro atoms. The fourth-order valence-corrected chi connectivity index (χ4v) is 1.59. The first-order valence-electron chi connectivity index (χ1n) is 5.55. The van der Waals surface area contributed by atoms with Crippen molar-refractivity contribution in [1.29, 1.82) is 0 Å². The van der Waals surface area contributed by atoms with Crippen molar-refractivity contribution in [2.45, 2.75) is 6.92 Å². The number of benzene rings is 1. The molecule has 1 aromatic heterocycles. The summed E-state index contributed by atoms with van der Waals surface area (Å²) in [6.07, 6.45) is 0. The minimum absolute atomic E-state index is 0.189. The third kappa shape index (κ3) is 3.08. The lowest BCUT2D eigenvalue weighted by molar-refractivity contribution is 0.386. The number of hydrazine groups is 1. The molecule has 100 valence electrons. The predicted molar refractivity (Wildman–Crippen MR) is 70.8 cm³/mol. The van der Waals surface area contributed by atoms with E-state index in [9.17, 15) is 4.39 Å². The van der Waals surface area contributed by atoms with Crippen molar-refractivity contribution < 1.29 is 9.13 Å². The molecule has 0 unspecified atom stereocenters. The zero-order valence-electron chi connectivity index (χ0n) is 10.6. The fraction of sp³-hybridized carbons (Fsp3) is 0.167. The highest BCUT2D eigenvalue weighted by Crippen LogP contribution is 2.23. The average molecular weight is 263 g/mol. The van der Waals surface area contributed by atoms with Crippen LogP contribution in [0.25, 0.3) is 0 Å². The summed E-state index contributed by atoms with van der Waals surface area (Å²) in [4.78, 5) is 8.17. The van der Waals surface area contributed by atoms with Crippen molar-refractivity contribution in [3.05, 3.63) is 35.8 Å². The summed E-state index contributed by atoms with van der Waals surface area (Å²) in [6, 6.07) is 6.28. The van der Waals surface area contributed by atoms with Gasteiger partial charge in [0.25, 0.3) is 0 Å². The second-order valence-electron chi connectivity index (χ2n) is 3.84. The number of aromatic nitrogens is 2. The highest BCUT2D eigenvalue weighted by atomic mass is 19.1. The van der Waals surface area contributed by atoms with E-state index in [1.54, 1.807) is 12.1 Å². The second-order valence-corrected chi connectivity index (χ2v) is 3.84. The van der Waals surface area contributed by atoms with E-state index in [0.29, 0.717) is 11.5 Å². The first kappa shape index (κ1) is 13.0. The van der Waals surface area contributed by atoms with Gasteiger partial charge in [0.15, 0.2) is 11.6 Å². The predicted octanol–water partition coefficient (Wildman–Crippen LogP) is 1.96. The average Bonchev–Trinajstić information content (AvgIpc) is 2.38. The molecule has 2 rings (SSSR count). The van der Waals surface area contributed by atoms with Crippen LogP contribution in [0.2, 0.25) is 0 Å². The Hall–Kier alpha value is -2.41. The van der Waals surface area contributed by atoms with Gasteiger partial charge < -0.3 is 10.1 Å². The first-order valence-corrected chi connectivity index (χ1v) is 5.55. The van der Waals surface area contributed by atoms with Gasteiger partial charge in [0.05, 0.1) is 7.11 Å². The number of anilines is 3. The van der Waals surface area contributed by atoms with Crippen LogP contribution < -0.4 is 21.3 Å². The molecule has 0 saturated carbocycles. The van der Waals surface area contributed by atoms with E-state index in [2.05, 4.69) is 20.7 Å². The van der Waals surface area contributed by atoms with Crippen LogP contribution in [0.1, 0.15) is 5.69 Å². The lowest BCUT2D eigenvalue weighted by Gasteiger charge is -2.09. The summed E-state index contributed by atoms with van der Waals surface area (Å²) in [6.45, 7) is 1.81. The van der Waals surface area contributed by atoms with Gasteiger partial charge in [-0.1, -0.05) is 0 Å². The molecule has 0 aliphatic heterocycles. The normalized spacial score (nSPS) is 10.1. The van der Waals surface area contributed by atoms with Gasteiger partial charge in [0.2, 0.25) is 5.95 Å². The Morgan fingerprint density at radius 2 is 2.05 bits per heavy atom. The van der Waals surface area contributed by atoms with Crippen molar-refractivity contribution in [1.82, 2.24) is 9.97 Å². The number of nitrogens with zero attached hydrogens (tertiary/aromatic N) is 2. The number of aryl methyl sites for hydroxylation is 1. The van der Waals surface area contributed by atoms with Gasteiger partial charge in [-0.2, -0.15) is 4.98 Å². The SMILES string of the molecule is COc1ccc(Nc2cc(C)nc(NN)n2)cc1F. The molecular weight excluding hydrogens is 249 g/mol. The molecule has 7 heteroatoms. The van der Waals surface area contributed by atoms with Crippen molar-refractivity contribution in [2.75, 3.05) is 17.9 Å². The topological polar surface area (TPSA) is 85.1 Å². The summed E-state index contributed by atoms with van der Waals surface area (Å²) < 4.78 is 18.4. The van der Waals surface area contributed by atoms with Crippen molar-refractivity contribution in [3.63, 3.8) is 0 Å². The smallest absolute Gasteiger partial charge is 0.239 e. The van der Waals surface area contributed by atoms with E-state index in [0.717, 1.165) is 5.69 Å². The molecule has 1 heterocycles. The third-order valence-corrected chi connectivity index (χ3v) is 2.41. The lowest BCUT2D eigenvalue weighted by Crippen LogP contribution is -2.11. The molecule has 2 aromatic rings. The van der Waals surface area contributed by atoms with E-state index >= 15 is 0 Å². The molecule has 0 amide bonds. The Balaban J connectivity index is 2.25. The molecule has 0 atom stereocenters. The zero-order valence-corrected chi connectivity index (χ0v) is 10.6. The van der Waals surface area contributed by atoms with E-state index in [4.69, 9.17) is 10.6 Å². The number of nitrogen functional groups attached to an aromatic ring is 1. The Morgan fingerprint density at radius 3 is 2.68 bits per heavy atom. The highest BCUT2D eigenvalue weighted by Gasteiger charge is 2.05. The van der Waals surface area contributed by atoms with Crippen LogP contribution in [0.4, 0.5) is 21.8 Å². The summed E-state index contributed by atoms with van der Waals surface area (Å²) in [7, 11) is 1.42. The third-order valence-electron chi connectivity index (χ3n) is 2.41. The molecular formula is C12H14FN5O. The number of nitrogens with two attached hydrogens (primary N) is 1. The molecule has 0 aliphatic rings. The monoisotopic (exact) mass is 263 g/mol. The van der Waals surface area contributed by atoms with Crippen LogP contribution in [0.5, 0.6) is 5.75 Å². The summed E-state index contributed by atoms with van der Waals surface area (Å²) in [5.41, 5.74) is 3.66. The molecule has 0 fully saturated rings. The Kier molecular flexibility index (Phi) is 3.76. The number of halogens is 1. The summed E-state index contributed by atoms with van der Waals surface area (Å²) in [5, 5.41) is 2.97. The molecule has 4 N–H and O–H groups in total. The maximum absolute atomic E-state index is 13.5. The number of hydrogen-bond donors (Lipinski definition) is 3. The lowest BCUT2D eigenvalue weighted by atomic mass is 10.3. The van der Waals surface area contributed by atoms with Gasteiger partial charge >= 0.3 is 0 Å². The second kappa shape index (κ2) is 5.49. The molecule has 6 nitrogen and oxygen atoms in total.